The van der Waals surface area contributed by atoms with E-state index >= 15 is 0 Å². The van der Waals surface area contributed by atoms with E-state index in [1.165, 1.54) is 6.42 Å². The lowest BCUT2D eigenvalue weighted by Crippen LogP contribution is -2.62. The Kier molecular flexibility index (Phi) is 0.504. The van der Waals surface area contributed by atoms with Crippen LogP contribution in [0.25, 0.3) is 0 Å². The van der Waals surface area contributed by atoms with Gasteiger partial charge in [-0.15, -0.1) is 0 Å². The molecule has 5 atom stereocenters. The molecule has 0 aromatic rings. The molecule has 1 spiro atoms. The van der Waals surface area contributed by atoms with Gasteiger partial charge in [-0.1, -0.05) is 0 Å². The molecule has 2 saturated carbocycles. The Hall–Kier alpha value is -0.0800. The Morgan fingerprint density at radius 3 is 3.20 bits per heavy atom. The van der Waals surface area contributed by atoms with E-state index in [0.29, 0.717) is 17.6 Å². The highest BCUT2D eigenvalue weighted by Crippen LogP contribution is 2.75. The van der Waals surface area contributed by atoms with Gasteiger partial charge in [0.2, 0.25) is 0 Å². The molecule has 2 aliphatic carbocycles. The van der Waals surface area contributed by atoms with Crippen LogP contribution in [-0.4, -0.2) is 25.4 Å². The van der Waals surface area contributed by atoms with Crippen LogP contribution in [0.3, 0.4) is 0 Å². The van der Waals surface area contributed by atoms with E-state index in [-0.39, 0.29) is 0 Å². The van der Waals surface area contributed by atoms with E-state index in [1.807, 2.05) is 0 Å². The van der Waals surface area contributed by atoms with Gasteiger partial charge in [0.05, 0.1) is 25.4 Å². The fraction of sp³-hybridized carbons (Fsp3) is 1.00. The molecule has 2 saturated heterocycles. The third-order valence-corrected chi connectivity index (χ3v) is 4.11. The van der Waals surface area contributed by atoms with Crippen LogP contribution < -0.4 is 0 Å². The molecule has 10 heavy (non-hydrogen) atoms. The molecule has 2 nitrogen and oxygen atoms in total. The Morgan fingerprint density at radius 2 is 2.40 bits per heavy atom. The smallest absolute Gasteiger partial charge is 0.0930 e. The van der Waals surface area contributed by atoms with Crippen LogP contribution in [0.4, 0.5) is 0 Å². The van der Waals surface area contributed by atoms with Crippen LogP contribution in [0.2, 0.25) is 0 Å². The van der Waals surface area contributed by atoms with Gasteiger partial charge in [0.1, 0.15) is 0 Å². The van der Waals surface area contributed by atoms with Gasteiger partial charge in [0.15, 0.2) is 0 Å². The lowest BCUT2D eigenvalue weighted by atomic mass is 9.44. The maximum absolute atomic E-state index is 5.54. The highest BCUT2D eigenvalue weighted by molar-refractivity contribution is 5.28. The zero-order valence-electron chi connectivity index (χ0n) is 5.75. The lowest BCUT2D eigenvalue weighted by Gasteiger charge is -2.55. The van der Waals surface area contributed by atoms with Gasteiger partial charge in [-0.3, -0.25) is 0 Å². The summed E-state index contributed by atoms with van der Waals surface area (Å²) in [6, 6.07) is 0. The highest BCUT2D eigenvalue weighted by Gasteiger charge is 2.82. The Balaban J connectivity index is 1.83. The lowest BCUT2D eigenvalue weighted by molar-refractivity contribution is -0.0703. The molecule has 2 heterocycles. The fourth-order valence-corrected chi connectivity index (χ4v) is 3.42. The molecular formula is C8H10O2. The third kappa shape index (κ3) is 0.250. The Bertz CT molecular complexity index is 209. The predicted octanol–water partition coefficient (Wildman–Crippen LogP) is 0.420. The zero-order valence-corrected chi connectivity index (χ0v) is 5.75. The molecule has 5 unspecified atom stereocenters. The van der Waals surface area contributed by atoms with E-state index in [2.05, 4.69) is 0 Å². The molecule has 2 heteroatoms. The Morgan fingerprint density at radius 1 is 1.40 bits per heavy atom. The van der Waals surface area contributed by atoms with E-state index < -0.39 is 0 Å². The van der Waals surface area contributed by atoms with Gasteiger partial charge in [0.25, 0.3) is 0 Å². The number of rotatable bonds is 0. The second-order valence-electron chi connectivity index (χ2n) is 4.19. The molecule has 54 valence electrons. The summed E-state index contributed by atoms with van der Waals surface area (Å²) in [5, 5.41) is 0. The maximum Gasteiger partial charge on any atom is 0.0930 e. The first-order valence-corrected chi connectivity index (χ1v) is 4.16. The maximum atomic E-state index is 5.54. The van der Waals surface area contributed by atoms with Gasteiger partial charge in [0, 0.05) is 5.41 Å². The van der Waals surface area contributed by atoms with Crippen molar-refractivity contribution in [2.45, 2.75) is 18.6 Å². The van der Waals surface area contributed by atoms with Crippen molar-refractivity contribution in [2.24, 2.45) is 17.3 Å². The molecule has 4 rings (SSSR count). The summed E-state index contributed by atoms with van der Waals surface area (Å²) < 4.78 is 11.0. The van der Waals surface area contributed by atoms with E-state index in [1.54, 1.807) is 0 Å². The largest absolute Gasteiger partial charge is 0.380 e. The van der Waals surface area contributed by atoms with Crippen LogP contribution in [0, 0.1) is 17.3 Å². The summed E-state index contributed by atoms with van der Waals surface area (Å²) in [5.41, 5.74) is 0.560. The summed E-state index contributed by atoms with van der Waals surface area (Å²) in [5.74, 6) is 1.78. The average molecular weight is 138 g/mol. The topological polar surface area (TPSA) is 21.8 Å². The molecule has 0 bridgehead atoms. The van der Waals surface area contributed by atoms with Crippen molar-refractivity contribution in [3.8, 4) is 0 Å². The number of fused-ring (bicyclic) bond motifs is 2. The minimum Gasteiger partial charge on any atom is -0.380 e. The molecule has 0 N–H and O–H groups in total. The molecule has 4 aliphatic rings. The average Bonchev–Trinajstić information content (AvgIpc) is 2.54. The molecule has 0 radical (unpaired) electrons. The third-order valence-electron chi connectivity index (χ3n) is 4.11. The summed E-state index contributed by atoms with van der Waals surface area (Å²) in [7, 11) is 0. The van der Waals surface area contributed by atoms with E-state index in [4.69, 9.17) is 9.47 Å². The standard InChI is InChI=1S/C8H10O2/c1-4-2-9-3-8(4)5(1)6-7(8)10-6/h4-7H,1-3H2. The monoisotopic (exact) mass is 138 g/mol. The van der Waals surface area contributed by atoms with Crippen LogP contribution >= 0.6 is 0 Å². The van der Waals surface area contributed by atoms with Gasteiger partial charge in [-0.25, -0.2) is 0 Å². The highest BCUT2D eigenvalue weighted by atomic mass is 16.6. The summed E-state index contributed by atoms with van der Waals surface area (Å²) in [6.07, 6.45) is 2.71. The summed E-state index contributed by atoms with van der Waals surface area (Å²) in [6.45, 7) is 2.02. The summed E-state index contributed by atoms with van der Waals surface area (Å²) >= 11 is 0. The minimum absolute atomic E-state index is 0.560. The van der Waals surface area contributed by atoms with Crippen LogP contribution in [0.15, 0.2) is 0 Å². The first-order valence-electron chi connectivity index (χ1n) is 4.16. The van der Waals surface area contributed by atoms with Crippen molar-refractivity contribution in [3.63, 3.8) is 0 Å². The van der Waals surface area contributed by atoms with Crippen molar-refractivity contribution < 1.29 is 9.47 Å². The normalized spacial score (nSPS) is 74.4. The number of hydrogen-bond donors (Lipinski definition) is 0. The predicted molar refractivity (Wildman–Crippen MR) is 33.5 cm³/mol. The van der Waals surface area contributed by atoms with Gasteiger partial charge < -0.3 is 9.47 Å². The molecule has 0 aromatic heterocycles. The van der Waals surface area contributed by atoms with E-state index in [9.17, 15) is 0 Å². The number of hydrogen-bond acceptors (Lipinski definition) is 2. The SMILES string of the molecule is C1OCC23C1CC2C1OC13. The van der Waals surface area contributed by atoms with Crippen molar-refractivity contribution in [1.82, 2.24) is 0 Å². The fourth-order valence-electron chi connectivity index (χ4n) is 3.42. The van der Waals surface area contributed by atoms with Crippen molar-refractivity contribution in [2.75, 3.05) is 13.2 Å². The zero-order chi connectivity index (χ0) is 6.34. The van der Waals surface area contributed by atoms with Gasteiger partial charge in [-0.2, -0.15) is 0 Å². The van der Waals surface area contributed by atoms with Crippen LogP contribution in [0.1, 0.15) is 6.42 Å². The van der Waals surface area contributed by atoms with Crippen LogP contribution in [-0.2, 0) is 9.47 Å². The first kappa shape index (κ1) is 4.73. The number of epoxide rings is 1. The van der Waals surface area contributed by atoms with Crippen molar-refractivity contribution >= 4 is 0 Å². The molecular weight excluding hydrogens is 128 g/mol. The number of ether oxygens (including phenoxy) is 2. The second kappa shape index (κ2) is 1.07. The Labute approximate surface area is 59.5 Å². The molecule has 4 fully saturated rings. The minimum atomic E-state index is 0.560. The first-order chi connectivity index (χ1) is 4.93. The summed E-state index contributed by atoms with van der Waals surface area (Å²) in [4.78, 5) is 0. The van der Waals surface area contributed by atoms with Gasteiger partial charge in [-0.05, 0) is 18.3 Å². The molecule has 0 aromatic carbocycles. The second-order valence-corrected chi connectivity index (χ2v) is 4.19. The van der Waals surface area contributed by atoms with Crippen LogP contribution in [0.5, 0.6) is 0 Å². The molecule has 0 amide bonds. The molecule has 2 aliphatic heterocycles. The van der Waals surface area contributed by atoms with Crippen molar-refractivity contribution in [3.05, 3.63) is 0 Å². The quantitative estimate of drug-likeness (QED) is 0.452. The van der Waals surface area contributed by atoms with Gasteiger partial charge >= 0.3 is 0 Å². The van der Waals surface area contributed by atoms with E-state index in [0.717, 1.165) is 25.0 Å². The van der Waals surface area contributed by atoms with Crippen molar-refractivity contribution in [1.29, 1.82) is 0 Å².